The van der Waals surface area contributed by atoms with Crippen molar-refractivity contribution in [3.63, 3.8) is 0 Å². The number of benzene rings is 2. The summed E-state index contributed by atoms with van der Waals surface area (Å²) >= 11 is 0. The van der Waals surface area contributed by atoms with Crippen LogP contribution in [0.4, 0.5) is 4.39 Å². The van der Waals surface area contributed by atoms with Crippen molar-refractivity contribution < 1.29 is 9.13 Å². The van der Waals surface area contributed by atoms with Gasteiger partial charge in [0.05, 0.1) is 0 Å². The monoisotopic (exact) mass is 301 g/mol. The molecule has 0 aliphatic rings. The Hall–Kier alpha value is -1.87. The lowest BCUT2D eigenvalue weighted by Crippen LogP contribution is -2.45. The third kappa shape index (κ3) is 3.47. The predicted octanol–water partition coefficient (Wildman–Crippen LogP) is 4.62. The molecule has 0 saturated carbocycles. The van der Waals surface area contributed by atoms with Crippen LogP contribution in [0.1, 0.15) is 38.8 Å². The molecule has 0 aliphatic carbocycles. The molecule has 2 nitrogen and oxygen atoms in total. The van der Waals surface area contributed by atoms with Crippen LogP contribution in [-0.2, 0) is 12.1 Å². The molecule has 0 amide bonds. The molecule has 2 N–H and O–H groups in total. The van der Waals surface area contributed by atoms with Gasteiger partial charge in [0, 0.05) is 11.1 Å². The van der Waals surface area contributed by atoms with E-state index in [0.29, 0.717) is 6.61 Å². The van der Waals surface area contributed by atoms with Gasteiger partial charge in [0.1, 0.15) is 18.2 Å². The molecule has 0 saturated heterocycles. The third-order valence-electron chi connectivity index (χ3n) is 4.29. The molecule has 3 heteroatoms. The minimum atomic E-state index is -0.536. The van der Waals surface area contributed by atoms with Crippen LogP contribution in [0.2, 0.25) is 0 Å². The standard InChI is InChI=1S/C19H24FNO/c1-18(2,3)19(4,21)16-10-5-6-11-17(16)22-13-14-8-7-9-15(20)12-14/h5-12H,13,21H2,1-4H3. The Morgan fingerprint density at radius 2 is 1.68 bits per heavy atom. The molecule has 0 bridgehead atoms. The van der Waals surface area contributed by atoms with Crippen molar-refractivity contribution in [1.29, 1.82) is 0 Å². The Labute approximate surface area is 132 Å². The molecule has 22 heavy (non-hydrogen) atoms. The van der Waals surface area contributed by atoms with Crippen molar-refractivity contribution in [1.82, 2.24) is 0 Å². The quantitative estimate of drug-likeness (QED) is 0.894. The second-order valence-electron chi connectivity index (χ2n) is 6.87. The molecule has 0 aromatic heterocycles. The lowest BCUT2D eigenvalue weighted by molar-refractivity contribution is 0.199. The zero-order chi connectivity index (χ0) is 16.4. The maximum absolute atomic E-state index is 13.2. The molecule has 2 aromatic rings. The van der Waals surface area contributed by atoms with E-state index >= 15 is 0 Å². The van der Waals surface area contributed by atoms with Gasteiger partial charge < -0.3 is 10.5 Å². The van der Waals surface area contributed by atoms with E-state index in [0.717, 1.165) is 16.9 Å². The van der Waals surface area contributed by atoms with Gasteiger partial charge in [0.25, 0.3) is 0 Å². The third-order valence-corrected chi connectivity index (χ3v) is 4.29. The zero-order valence-electron chi connectivity index (χ0n) is 13.7. The molecule has 1 unspecified atom stereocenters. The highest BCUT2D eigenvalue weighted by Gasteiger charge is 2.37. The number of hydrogen-bond donors (Lipinski definition) is 1. The average molecular weight is 301 g/mol. The molecule has 118 valence electrons. The minimum absolute atomic E-state index is 0.120. The summed E-state index contributed by atoms with van der Waals surface area (Å²) in [5.74, 6) is 0.486. The van der Waals surface area contributed by atoms with Crippen molar-refractivity contribution >= 4 is 0 Å². The average Bonchev–Trinajstić information content (AvgIpc) is 2.44. The molecule has 2 aromatic carbocycles. The van der Waals surface area contributed by atoms with Crippen molar-refractivity contribution in [2.24, 2.45) is 11.1 Å². The van der Waals surface area contributed by atoms with Gasteiger partial charge in [-0.3, -0.25) is 0 Å². The summed E-state index contributed by atoms with van der Waals surface area (Å²) in [6.07, 6.45) is 0. The summed E-state index contributed by atoms with van der Waals surface area (Å²) in [6.45, 7) is 8.65. The summed E-state index contributed by atoms with van der Waals surface area (Å²) in [4.78, 5) is 0. The van der Waals surface area contributed by atoms with Gasteiger partial charge in [0.2, 0.25) is 0 Å². The largest absolute Gasteiger partial charge is 0.489 e. The van der Waals surface area contributed by atoms with E-state index in [1.54, 1.807) is 6.07 Å². The summed E-state index contributed by atoms with van der Waals surface area (Å²) in [7, 11) is 0. The number of para-hydroxylation sites is 1. The summed E-state index contributed by atoms with van der Waals surface area (Å²) < 4.78 is 19.2. The fourth-order valence-electron chi connectivity index (χ4n) is 2.21. The molecular formula is C19H24FNO. The molecule has 2 rings (SSSR count). The maximum atomic E-state index is 13.2. The number of rotatable bonds is 4. The van der Waals surface area contributed by atoms with Crippen LogP contribution >= 0.6 is 0 Å². The van der Waals surface area contributed by atoms with Crippen LogP contribution in [0, 0.1) is 11.2 Å². The molecule has 0 heterocycles. The molecule has 0 aliphatic heterocycles. The normalized spacial score (nSPS) is 14.5. The van der Waals surface area contributed by atoms with E-state index in [1.165, 1.54) is 12.1 Å². The van der Waals surface area contributed by atoms with Crippen LogP contribution in [0.25, 0.3) is 0 Å². The summed E-state index contributed by atoms with van der Waals surface area (Å²) in [5, 5.41) is 0. The highest BCUT2D eigenvalue weighted by Crippen LogP contribution is 2.40. The van der Waals surface area contributed by atoms with Gasteiger partial charge in [-0.2, -0.15) is 0 Å². The number of halogens is 1. The first kappa shape index (κ1) is 16.5. The fraction of sp³-hybridized carbons (Fsp3) is 0.368. The smallest absolute Gasteiger partial charge is 0.124 e. The Morgan fingerprint density at radius 1 is 1.00 bits per heavy atom. The van der Waals surface area contributed by atoms with Gasteiger partial charge >= 0.3 is 0 Å². The zero-order valence-corrected chi connectivity index (χ0v) is 13.7. The van der Waals surface area contributed by atoms with E-state index in [9.17, 15) is 4.39 Å². The topological polar surface area (TPSA) is 35.2 Å². The lowest BCUT2D eigenvalue weighted by atomic mass is 9.71. The van der Waals surface area contributed by atoms with Crippen LogP contribution in [0.3, 0.4) is 0 Å². The number of ether oxygens (including phenoxy) is 1. The van der Waals surface area contributed by atoms with Crippen molar-refractivity contribution in [2.45, 2.75) is 39.8 Å². The van der Waals surface area contributed by atoms with E-state index in [4.69, 9.17) is 10.5 Å². The minimum Gasteiger partial charge on any atom is -0.489 e. The number of hydrogen-bond acceptors (Lipinski definition) is 2. The molecule has 0 radical (unpaired) electrons. The van der Waals surface area contributed by atoms with Crippen LogP contribution in [-0.4, -0.2) is 0 Å². The summed E-state index contributed by atoms with van der Waals surface area (Å²) in [6, 6.07) is 14.2. The Kier molecular flexibility index (Phi) is 4.57. The van der Waals surface area contributed by atoms with Gasteiger partial charge in [-0.1, -0.05) is 51.1 Å². The second kappa shape index (κ2) is 6.09. The first-order chi connectivity index (χ1) is 10.2. The number of nitrogens with two attached hydrogens (primary N) is 1. The second-order valence-corrected chi connectivity index (χ2v) is 6.87. The van der Waals surface area contributed by atoms with E-state index < -0.39 is 5.54 Å². The first-order valence-corrected chi connectivity index (χ1v) is 7.47. The van der Waals surface area contributed by atoms with Gasteiger partial charge in [-0.15, -0.1) is 0 Å². The van der Waals surface area contributed by atoms with Crippen LogP contribution in [0.5, 0.6) is 5.75 Å². The Balaban J connectivity index is 2.26. The van der Waals surface area contributed by atoms with Gasteiger partial charge in [0.15, 0.2) is 0 Å². The van der Waals surface area contributed by atoms with Crippen LogP contribution in [0.15, 0.2) is 48.5 Å². The molecule has 0 fully saturated rings. The maximum Gasteiger partial charge on any atom is 0.124 e. The van der Waals surface area contributed by atoms with E-state index in [1.807, 2.05) is 37.3 Å². The highest BCUT2D eigenvalue weighted by atomic mass is 19.1. The van der Waals surface area contributed by atoms with E-state index in [-0.39, 0.29) is 11.2 Å². The van der Waals surface area contributed by atoms with E-state index in [2.05, 4.69) is 20.8 Å². The SMILES string of the molecule is CC(C)(C)C(C)(N)c1ccccc1OCc1cccc(F)c1. The molecular weight excluding hydrogens is 277 g/mol. The highest BCUT2D eigenvalue weighted by molar-refractivity contribution is 5.40. The Morgan fingerprint density at radius 3 is 2.32 bits per heavy atom. The van der Waals surface area contributed by atoms with Crippen molar-refractivity contribution in [3.8, 4) is 5.75 Å². The molecule has 1 atom stereocenters. The molecule has 0 spiro atoms. The predicted molar refractivity (Wildman–Crippen MR) is 88.2 cm³/mol. The van der Waals surface area contributed by atoms with Gasteiger partial charge in [-0.05, 0) is 36.1 Å². The van der Waals surface area contributed by atoms with Crippen molar-refractivity contribution in [3.05, 3.63) is 65.5 Å². The summed E-state index contributed by atoms with van der Waals surface area (Å²) in [5.41, 5.74) is 7.67. The van der Waals surface area contributed by atoms with Crippen LogP contribution < -0.4 is 10.5 Å². The lowest BCUT2D eigenvalue weighted by Gasteiger charge is -2.39. The van der Waals surface area contributed by atoms with Gasteiger partial charge in [-0.25, -0.2) is 4.39 Å². The fourth-order valence-corrected chi connectivity index (χ4v) is 2.21. The van der Waals surface area contributed by atoms with Crippen molar-refractivity contribution in [2.75, 3.05) is 0 Å². The Bertz CT molecular complexity index is 644. The first-order valence-electron chi connectivity index (χ1n) is 7.47.